The summed E-state index contributed by atoms with van der Waals surface area (Å²) in [7, 11) is 3.61. The fourth-order valence-corrected chi connectivity index (χ4v) is 2.22. The largest absolute Gasteiger partial charge is 0.497 e. The van der Waals surface area contributed by atoms with Crippen LogP contribution in [0, 0.1) is 6.92 Å². The molecule has 0 bridgehead atoms. The standard InChI is InChI=1S/C19H24N2O3/c1-15-4-6-16(7-5-15)20-19(22)14-21(2)12-13-24-18-10-8-17(23-3)9-11-18/h4-11H,12-14H2,1-3H3,(H,20,22)/p+1. The molecule has 2 aromatic rings. The van der Waals surface area contributed by atoms with Crippen molar-refractivity contribution in [3.05, 3.63) is 54.1 Å². The summed E-state index contributed by atoms with van der Waals surface area (Å²) in [4.78, 5) is 13.1. The number of carbonyl (C=O) groups is 1. The predicted octanol–water partition coefficient (Wildman–Crippen LogP) is 1.54. The number of likely N-dealkylation sites (N-methyl/N-ethyl adjacent to an activating group) is 1. The van der Waals surface area contributed by atoms with E-state index in [-0.39, 0.29) is 5.91 Å². The maximum atomic E-state index is 12.0. The van der Waals surface area contributed by atoms with E-state index < -0.39 is 0 Å². The Morgan fingerprint density at radius 3 is 2.29 bits per heavy atom. The molecule has 24 heavy (non-hydrogen) atoms. The monoisotopic (exact) mass is 329 g/mol. The summed E-state index contributed by atoms with van der Waals surface area (Å²) in [5.41, 5.74) is 2.00. The van der Waals surface area contributed by atoms with E-state index in [2.05, 4.69) is 5.32 Å². The molecular weight excluding hydrogens is 304 g/mol. The average Bonchev–Trinajstić information content (AvgIpc) is 2.57. The van der Waals surface area contributed by atoms with E-state index in [0.717, 1.165) is 28.6 Å². The predicted molar refractivity (Wildman–Crippen MR) is 94.9 cm³/mol. The zero-order chi connectivity index (χ0) is 17.4. The number of aryl methyl sites for hydroxylation is 1. The van der Waals surface area contributed by atoms with Crippen molar-refractivity contribution in [1.29, 1.82) is 0 Å². The van der Waals surface area contributed by atoms with Crippen molar-refractivity contribution in [2.24, 2.45) is 0 Å². The highest BCUT2D eigenvalue weighted by molar-refractivity contribution is 5.91. The molecule has 0 saturated carbocycles. The first-order valence-electron chi connectivity index (χ1n) is 8.01. The second-order valence-corrected chi connectivity index (χ2v) is 5.82. The molecule has 0 radical (unpaired) electrons. The van der Waals surface area contributed by atoms with Crippen molar-refractivity contribution in [1.82, 2.24) is 0 Å². The minimum Gasteiger partial charge on any atom is -0.497 e. The van der Waals surface area contributed by atoms with Crippen LogP contribution in [0.3, 0.4) is 0 Å². The Bertz CT molecular complexity index is 639. The van der Waals surface area contributed by atoms with E-state index in [1.807, 2.05) is 62.5 Å². The maximum Gasteiger partial charge on any atom is 0.279 e. The second kappa shape index (κ2) is 8.93. The van der Waals surface area contributed by atoms with Gasteiger partial charge in [-0.15, -0.1) is 0 Å². The Labute approximate surface area is 143 Å². The number of hydrogen-bond donors (Lipinski definition) is 2. The fourth-order valence-electron chi connectivity index (χ4n) is 2.22. The molecule has 5 nitrogen and oxygen atoms in total. The molecule has 0 saturated heterocycles. The number of benzene rings is 2. The smallest absolute Gasteiger partial charge is 0.279 e. The van der Waals surface area contributed by atoms with Gasteiger partial charge in [0.15, 0.2) is 6.54 Å². The second-order valence-electron chi connectivity index (χ2n) is 5.82. The quantitative estimate of drug-likeness (QED) is 0.772. The first-order valence-corrected chi connectivity index (χ1v) is 8.01. The molecule has 5 heteroatoms. The molecule has 0 fully saturated rings. The lowest BCUT2D eigenvalue weighted by molar-refractivity contribution is -0.871. The topological polar surface area (TPSA) is 52.0 Å². The lowest BCUT2D eigenvalue weighted by Gasteiger charge is -2.14. The van der Waals surface area contributed by atoms with Gasteiger partial charge in [0.1, 0.15) is 24.7 Å². The fraction of sp³-hybridized carbons (Fsp3) is 0.316. The van der Waals surface area contributed by atoms with Gasteiger partial charge in [-0.25, -0.2) is 0 Å². The van der Waals surface area contributed by atoms with Crippen LogP contribution >= 0.6 is 0 Å². The Kier molecular flexibility index (Phi) is 6.63. The van der Waals surface area contributed by atoms with E-state index in [9.17, 15) is 4.79 Å². The zero-order valence-corrected chi connectivity index (χ0v) is 14.5. The summed E-state index contributed by atoms with van der Waals surface area (Å²) in [6.45, 7) is 3.72. The Balaban J connectivity index is 1.69. The van der Waals surface area contributed by atoms with Crippen LogP contribution in [0.1, 0.15) is 5.56 Å². The number of nitrogens with one attached hydrogen (secondary N) is 2. The van der Waals surface area contributed by atoms with Gasteiger partial charge >= 0.3 is 0 Å². The molecule has 1 unspecified atom stereocenters. The number of anilines is 1. The van der Waals surface area contributed by atoms with Crippen molar-refractivity contribution in [3.63, 3.8) is 0 Å². The van der Waals surface area contributed by atoms with Crippen LogP contribution in [0.2, 0.25) is 0 Å². The number of carbonyl (C=O) groups excluding carboxylic acids is 1. The molecule has 1 amide bonds. The van der Waals surface area contributed by atoms with Crippen LogP contribution in [0.25, 0.3) is 0 Å². The summed E-state index contributed by atoms with van der Waals surface area (Å²) < 4.78 is 10.8. The third kappa shape index (κ3) is 5.93. The summed E-state index contributed by atoms with van der Waals surface area (Å²) in [5, 5.41) is 2.91. The van der Waals surface area contributed by atoms with Crippen LogP contribution in [-0.2, 0) is 4.79 Å². The van der Waals surface area contributed by atoms with Gasteiger partial charge in [0.25, 0.3) is 5.91 Å². The minimum atomic E-state index is 0.000741. The van der Waals surface area contributed by atoms with Crippen molar-refractivity contribution in [3.8, 4) is 11.5 Å². The molecule has 1 atom stereocenters. The number of hydrogen-bond acceptors (Lipinski definition) is 3. The number of quaternary nitrogens is 1. The van der Waals surface area contributed by atoms with Crippen molar-refractivity contribution in [2.45, 2.75) is 6.92 Å². The molecule has 0 aliphatic carbocycles. The number of methoxy groups -OCH3 is 1. The summed E-state index contributed by atoms with van der Waals surface area (Å²) >= 11 is 0. The van der Waals surface area contributed by atoms with Gasteiger partial charge in [0.05, 0.1) is 14.2 Å². The first-order chi connectivity index (χ1) is 11.6. The average molecular weight is 329 g/mol. The summed E-state index contributed by atoms with van der Waals surface area (Å²) in [6.07, 6.45) is 0. The van der Waals surface area contributed by atoms with Crippen LogP contribution in [0.15, 0.2) is 48.5 Å². The zero-order valence-electron chi connectivity index (χ0n) is 14.5. The molecule has 0 heterocycles. The Morgan fingerprint density at radius 1 is 1.04 bits per heavy atom. The van der Waals surface area contributed by atoms with E-state index in [0.29, 0.717) is 13.2 Å². The molecule has 0 aromatic heterocycles. The summed E-state index contributed by atoms with van der Waals surface area (Å²) in [5.74, 6) is 1.60. The van der Waals surface area contributed by atoms with Crippen molar-refractivity contribution in [2.75, 3.05) is 39.2 Å². The van der Waals surface area contributed by atoms with E-state index >= 15 is 0 Å². The first kappa shape index (κ1) is 17.8. The van der Waals surface area contributed by atoms with Crippen LogP contribution in [0.5, 0.6) is 11.5 Å². The molecular formula is C19H25N2O3+. The van der Waals surface area contributed by atoms with Crippen LogP contribution in [-0.4, -0.2) is 39.8 Å². The Hall–Kier alpha value is -2.53. The van der Waals surface area contributed by atoms with Crippen LogP contribution in [0.4, 0.5) is 5.69 Å². The molecule has 2 N–H and O–H groups in total. The third-order valence-electron chi connectivity index (χ3n) is 3.65. The molecule has 0 aliphatic heterocycles. The molecule has 0 aliphatic rings. The normalized spacial score (nSPS) is 11.6. The highest BCUT2D eigenvalue weighted by Gasteiger charge is 2.10. The maximum absolute atomic E-state index is 12.0. The molecule has 0 spiro atoms. The van der Waals surface area contributed by atoms with E-state index in [1.165, 1.54) is 5.56 Å². The highest BCUT2D eigenvalue weighted by Crippen LogP contribution is 2.16. The lowest BCUT2D eigenvalue weighted by atomic mass is 10.2. The third-order valence-corrected chi connectivity index (χ3v) is 3.65. The Morgan fingerprint density at radius 2 is 1.67 bits per heavy atom. The van der Waals surface area contributed by atoms with Gasteiger partial charge in [0, 0.05) is 5.69 Å². The molecule has 128 valence electrons. The molecule has 2 rings (SSSR count). The number of ether oxygens (including phenoxy) is 2. The number of amides is 1. The SMILES string of the molecule is COc1ccc(OCC[NH+](C)CC(=O)Nc2ccc(C)cc2)cc1. The summed E-state index contributed by atoms with van der Waals surface area (Å²) in [6, 6.07) is 15.3. The van der Waals surface area contributed by atoms with Gasteiger partial charge in [0.2, 0.25) is 0 Å². The van der Waals surface area contributed by atoms with Gasteiger partial charge in [-0.05, 0) is 43.3 Å². The van der Waals surface area contributed by atoms with Gasteiger partial charge in [-0.3, -0.25) is 4.79 Å². The van der Waals surface area contributed by atoms with Gasteiger partial charge in [-0.2, -0.15) is 0 Å². The highest BCUT2D eigenvalue weighted by atomic mass is 16.5. The van der Waals surface area contributed by atoms with Gasteiger partial charge in [-0.1, -0.05) is 17.7 Å². The van der Waals surface area contributed by atoms with E-state index in [4.69, 9.17) is 9.47 Å². The number of rotatable bonds is 8. The van der Waals surface area contributed by atoms with Gasteiger partial charge < -0.3 is 19.7 Å². The minimum absolute atomic E-state index is 0.000741. The molecule has 2 aromatic carbocycles. The van der Waals surface area contributed by atoms with Crippen molar-refractivity contribution < 1.29 is 19.2 Å². The van der Waals surface area contributed by atoms with E-state index in [1.54, 1.807) is 7.11 Å². The van der Waals surface area contributed by atoms with Crippen LogP contribution < -0.4 is 19.7 Å². The lowest BCUT2D eigenvalue weighted by Crippen LogP contribution is -3.10. The van der Waals surface area contributed by atoms with Crippen molar-refractivity contribution >= 4 is 11.6 Å².